The number of hydrogen-bond acceptors (Lipinski definition) is 6. The van der Waals surface area contributed by atoms with Crippen molar-refractivity contribution in [2.24, 2.45) is 4.99 Å². The number of likely N-dealkylation sites (tertiary alicyclic amines) is 1. The predicted molar refractivity (Wildman–Crippen MR) is 178 cm³/mol. The summed E-state index contributed by atoms with van der Waals surface area (Å²) in [5.41, 5.74) is 4.71. The fourth-order valence-corrected chi connectivity index (χ4v) is 7.38. The van der Waals surface area contributed by atoms with Crippen LogP contribution in [0.2, 0.25) is 0 Å². The maximum Gasteiger partial charge on any atom is 0.338 e. The van der Waals surface area contributed by atoms with Crippen molar-refractivity contribution < 1.29 is 14.3 Å². The van der Waals surface area contributed by atoms with Crippen molar-refractivity contribution in [3.8, 4) is 0 Å². The third-order valence-corrected chi connectivity index (χ3v) is 9.66. The number of carbonyl (C=O) groups is 2. The summed E-state index contributed by atoms with van der Waals surface area (Å²) in [4.78, 5) is 48.2. The van der Waals surface area contributed by atoms with Crippen LogP contribution >= 0.6 is 11.3 Å². The monoisotopic (exact) mass is 624 g/mol. The molecule has 2 aromatic carbocycles. The summed E-state index contributed by atoms with van der Waals surface area (Å²) in [5.74, 6) is 0.0183. The Morgan fingerprint density at radius 3 is 2.49 bits per heavy atom. The molecular formula is C36H40N4O4S. The lowest BCUT2D eigenvalue weighted by Crippen LogP contribution is -2.40. The van der Waals surface area contributed by atoms with E-state index >= 15 is 0 Å². The van der Waals surface area contributed by atoms with Crippen molar-refractivity contribution in [1.82, 2.24) is 14.0 Å². The molecule has 9 heteroatoms. The molecule has 1 atom stereocenters. The summed E-state index contributed by atoms with van der Waals surface area (Å²) < 4.78 is 9.70. The van der Waals surface area contributed by atoms with Gasteiger partial charge in [0.1, 0.15) is 6.54 Å². The number of aromatic nitrogens is 2. The summed E-state index contributed by atoms with van der Waals surface area (Å²) in [5, 5.41) is 0.970. The first-order chi connectivity index (χ1) is 21.8. The number of nitrogens with zero attached hydrogens (tertiary/aromatic N) is 4. The zero-order chi connectivity index (χ0) is 31.7. The van der Waals surface area contributed by atoms with E-state index in [-0.39, 0.29) is 24.6 Å². The Balaban J connectivity index is 1.50. The highest BCUT2D eigenvalue weighted by Crippen LogP contribution is 2.33. The van der Waals surface area contributed by atoms with Gasteiger partial charge in [-0.3, -0.25) is 14.2 Å². The number of fused-ring (bicyclic) bond motifs is 2. The van der Waals surface area contributed by atoms with Crippen LogP contribution in [0.3, 0.4) is 0 Å². The number of benzene rings is 2. The highest BCUT2D eigenvalue weighted by Gasteiger charge is 2.34. The quantitative estimate of drug-likeness (QED) is 0.237. The summed E-state index contributed by atoms with van der Waals surface area (Å²) in [6.45, 7) is 10.2. The summed E-state index contributed by atoms with van der Waals surface area (Å²) in [6.07, 6.45) is 7.35. The average Bonchev–Trinajstić information content (AvgIpc) is 3.76. The first-order valence-electron chi connectivity index (χ1n) is 16.0. The molecule has 1 amide bonds. The Morgan fingerprint density at radius 2 is 1.80 bits per heavy atom. The van der Waals surface area contributed by atoms with Gasteiger partial charge < -0.3 is 14.2 Å². The Hall–Kier alpha value is -4.24. The molecule has 2 aromatic heterocycles. The number of allylic oxidation sites excluding steroid dienone is 1. The molecular weight excluding hydrogens is 584 g/mol. The highest BCUT2D eigenvalue weighted by atomic mass is 32.1. The first kappa shape index (κ1) is 30.8. The zero-order valence-electron chi connectivity index (χ0n) is 26.4. The van der Waals surface area contributed by atoms with Crippen LogP contribution in [-0.2, 0) is 20.9 Å². The van der Waals surface area contributed by atoms with E-state index in [1.165, 1.54) is 16.9 Å². The van der Waals surface area contributed by atoms with Crippen molar-refractivity contribution in [3.05, 3.63) is 102 Å². The third kappa shape index (κ3) is 5.93. The second kappa shape index (κ2) is 13.0. The molecule has 1 saturated heterocycles. The molecule has 1 fully saturated rings. The molecule has 0 unspecified atom stereocenters. The highest BCUT2D eigenvalue weighted by molar-refractivity contribution is 7.07. The number of rotatable bonds is 9. The van der Waals surface area contributed by atoms with Gasteiger partial charge >= 0.3 is 5.97 Å². The smallest absolute Gasteiger partial charge is 0.338 e. The van der Waals surface area contributed by atoms with Crippen molar-refractivity contribution in [1.29, 1.82) is 0 Å². The fraction of sp³-hybridized carbons (Fsp3) is 0.389. The number of esters is 1. The Kier molecular flexibility index (Phi) is 8.90. The van der Waals surface area contributed by atoms with Gasteiger partial charge in [-0.05, 0) is 55.4 Å². The standard InChI is InChI=1S/C36H40N4O4S/c1-5-11-28-32(35(43)44-6-2)33(25-16-14-24(15-17-25)23(3)4)40-34(42)30(45-36(40)37-28)20-26-21-39(29-13-8-7-12-27(26)29)22-31(41)38-18-9-10-19-38/h7-8,12-17,20-21,23,33H,5-6,9-11,18-19,22H2,1-4H3/b30-20+/t33-/m1/s1. The van der Waals surface area contributed by atoms with Crippen LogP contribution in [-0.4, -0.2) is 45.6 Å². The molecule has 0 radical (unpaired) electrons. The lowest BCUT2D eigenvalue weighted by Gasteiger charge is -2.26. The zero-order valence-corrected chi connectivity index (χ0v) is 27.2. The molecule has 0 saturated carbocycles. The van der Waals surface area contributed by atoms with E-state index in [2.05, 4.69) is 32.9 Å². The summed E-state index contributed by atoms with van der Waals surface area (Å²) in [6, 6.07) is 15.5. The number of carbonyl (C=O) groups excluding carboxylic acids is 2. The van der Waals surface area contributed by atoms with E-state index < -0.39 is 12.0 Å². The summed E-state index contributed by atoms with van der Waals surface area (Å²) in [7, 11) is 0. The number of amides is 1. The molecule has 0 aliphatic carbocycles. The van der Waals surface area contributed by atoms with Crippen LogP contribution < -0.4 is 14.9 Å². The van der Waals surface area contributed by atoms with Crippen molar-refractivity contribution in [3.63, 3.8) is 0 Å². The minimum absolute atomic E-state index is 0.109. The third-order valence-electron chi connectivity index (χ3n) is 8.68. The minimum Gasteiger partial charge on any atom is -0.463 e. The molecule has 0 bridgehead atoms. The lowest BCUT2D eigenvalue weighted by atomic mass is 9.92. The number of hydrogen-bond donors (Lipinski definition) is 0. The Labute approximate surface area is 267 Å². The molecule has 0 spiro atoms. The van der Waals surface area contributed by atoms with Crippen LogP contribution in [0.25, 0.3) is 17.0 Å². The van der Waals surface area contributed by atoms with Gasteiger partial charge in [0.15, 0.2) is 4.80 Å². The van der Waals surface area contributed by atoms with Crippen LogP contribution in [0.4, 0.5) is 0 Å². The van der Waals surface area contributed by atoms with Crippen LogP contribution in [0.15, 0.2) is 75.8 Å². The molecule has 4 heterocycles. The van der Waals surface area contributed by atoms with Crippen LogP contribution in [0.5, 0.6) is 0 Å². The van der Waals surface area contributed by atoms with Crippen LogP contribution in [0, 0.1) is 0 Å². The molecule has 4 aromatic rings. The molecule has 6 rings (SSSR count). The second-order valence-corrected chi connectivity index (χ2v) is 13.1. The molecule has 0 N–H and O–H groups in total. The number of thiazole rings is 1. The Morgan fingerprint density at radius 1 is 1.07 bits per heavy atom. The topological polar surface area (TPSA) is 85.9 Å². The Bertz CT molecular complexity index is 1960. The van der Waals surface area contributed by atoms with E-state index in [9.17, 15) is 14.4 Å². The van der Waals surface area contributed by atoms with E-state index in [1.54, 1.807) is 11.5 Å². The lowest BCUT2D eigenvalue weighted by molar-refractivity contribution is -0.139. The molecule has 234 valence electrons. The molecule has 45 heavy (non-hydrogen) atoms. The van der Waals surface area contributed by atoms with E-state index in [4.69, 9.17) is 9.73 Å². The predicted octanol–water partition coefficient (Wildman–Crippen LogP) is 5.28. The average molecular weight is 625 g/mol. The van der Waals surface area contributed by atoms with Gasteiger partial charge in [0.25, 0.3) is 5.56 Å². The normalized spacial score (nSPS) is 16.9. The van der Waals surface area contributed by atoms with Gasteiger partial charge in [-0.25, -0.2) is 9.79 Å². The van der Waals surface area contributed by atoms with Gasteiger partial charge in [-0.2, -0.15) is 0 Å². The summed E-state index contributed by atoms with van der Waals surface area (Å²) >= 11 is 1.33. The molecule has 8 nitrogen and oxygen atoms in total. The van der Waals surface area contributed by atoms with Gasteiger partial charge in [-0.15, -0.1) is 0 Å². The van der Waals surface area contributed by atoms with E-state index in [0.717, 1.165) is 54.4 Å². The van der Waals surface area contributed by atoms with E-state index in [1.807, 2.05) is 58.1 Å². The minimum atomic E-state index is -0.648. The van der Waals surface area contributed by atoms with Gasteiger partial charge in [-0.1, -0.05) is 81.0 Å². The SMILES string of the molecule is CCCC1=C(C(=O)OCC)[C@@H](c2ccc(C(C)C)cc2)n2c(s/c(=C/c3cn(CC(=O)N4CCCC4)c4ccccc34)c2=O)=N1. The largest absolute Gasteiger partial charge is 0.463 e. The number of ether oxygens (including phenoxy) is 1. The van der Waals surface area contributed by atoms with Gasteiger partial charge in [0.05, 0.1) is 28.5 Å². The second-order valence-electron chi connectivity index (χ2n) is 12.1. The van der Waals surface area contributed by atoms with Crippen molar-refractivity contribution >= 4 is 40.2 Å². The van der Waals surface area contributed by atoms with Crippen LogP contribution in [0.1, 0.15) is 82.0 Å². The maximum atomic E-state index is 14.3. The molecule has 2 aliphatic rings. The van der Waals surface area contributed by atoms with Crippen molar-refractivity contribution in [2.75, 3.05) is 19.7 Å². The number of para-hydroxylation sites is 1. The van der Waals surface area contributed by atoms with E-state index in [0.29, 0.717) is 32.9 Å². The fourth-order valence-electron chi connectivity index (χ4n) is 6.37. The van der Waals surface area contributed by atoms with Gasteiger partial charge in [0.2, 0.25) is 5.91 Å². The van der Waals surface area contributed by atoms with Gasteiger partial charge in [0, 0.05) is 35.8 Å². The maximum absolute atomic E-state index is 14.3. The van der Waals surface area contributed by atoms with Crippen molar-refractivity contribution in [2.45, 2.75) is 71.9 Å². The molecule has 2 aliphatic heterocycles. The first-order valence-corrected chi connectivity index (χ1v) is 16.8.